The number of hydrogen-bond acceptors (Lipinski definition) is 5. The third-order valence-electron chi connectivity index (χ3n) is 3.70. The molecule has 2 N–H and O–H groups in total. The summed E-state index contributed by atoms with van der Waals surface area (Å²) < 4.78 is 10.9. The van der Waals surface area contributed by atoms with Gasteiger partial charge in [-0.1, -0.05) is 30.3 Å². The van der Waals surface area contributed by atoms with Crippen LogP contribution in [0.25, 0.3) is 0 Å². The highest BCUT2D eigenvalue weighted by Crippen LogP contribution is 2.31. The first-order chi connectivity index (χ1) is 10.6. The Kier molecular flexibility index (Phi) is 4.11. The van der Waals surface area contributed by atoms with Gasteiger partial charge in [0.25, 0.3) is 0 Å². The van der Waals surface area contributed by atoms with Crippen LogP contribution in [0.5, 0.6) is 0 Å². The van der Waals surface area contributed by atoms with E-state index >= 15 is 0 Å². The lowest BCUT2D eigenvalue weighted by Gasteiger charge is -2.21. The highest BCUT2D eigenvalue weighted by atomic mass is 16.6. The predicted molar refractivity (Wildman–Crippen MR) is 79.9 cm³/mol. The fourth-order valence-corrected chi connectivity index (χ4v) is 2.63. The van der Waals surface area contributed by atoms with Crippen molar-refractivity contribution in [3.63, 3.8) is 0 Å². The number of aryl methyl sites for hydroxylation is 1. The zero-order chi connectivity index (χ0) is 15.5. The van der Waals surface area contributed by atoms with Gasteiger partial charge in [-0.3, -0.25) is 4.90 Å². The molecular weight excluding hydrogens is 282 g/mol. The van der Waals surface area contributed by atoms with Crippen LogP contribution in [-0.2, 0) is 11.3 Å². The highest BCUT2D eigenvalue weighted by Gasteiger charge is 2.38. The van der Waals surface area contributed by atoms with Crippen LogP contribution in [0.1, 0.15) is 29.7 Å². The monoisotopic (exact) mass is 301 g/mol. The lowest BCUT2D eigenvalue weighted by molar-refractivity contribution is 0.0874. The molecule has 1 aliphatic heterocycles. The van der Waals surface area contributed by atoms with E-state index in [1.165, 1.54) is 0 Å². The zero-order valence-electron chi connectivity index (χ0n) is 12.4. The van der Waals surface area contributed by atoms with Crippen LogP contribution >= 0.6 is 0 Å². The Morgan fingerprint density at radius 3 is 2.91 bits per heavy atom. The predicted octanol–water partition coefficient (Wildman–Crippen LogP) is 2.39. The summed E-state index contributed by atoms with van der Waals surface area (Å²) in [6.45, 7) is 2.51. The zero-order valence-corrected chi connectivity index (χ0v) is 12.4. The van der Waals surface area contributed by atoms with Crippen molar-refractivity contribution in [2.24, 2.45) is 5.73 Å². The van der Waals surface area contributed by atoms with E-state index in [1.807, 2.05) is 37.3 Å². The second-order valence-corrected chi connectivity index (χ2v) is 5.51. The first-order valence-electron chi connectivity index (χ1n) is 7.28. The van der Waals surface area contributed by atoms with Crippen LogP contribution in [0, 0.1) is 6.92 Å². The van der Waals surface area contributed by atoms with Crippen molar-refractivity contribution in [3.8, 4) is 0 Å². The SMILES string of the molecule is Cc1cnc(C2CC(N)CN2C(=O)OCc2ccccc2)o1. The van der Waals surface area contributed by atoms with Crippen LogP contribution in [0.3, 0.4) is 0 Å². The molecule has 116 valence electrons. The van der Waals surface area contributed by atoms with Crippen molar-refractivity contribution >= 4 is 6.09 Å². The lowest BCUT2D eigenvalue weighted by Crippen LogP contribution is -2.33. The van der Waals surface area contributed by atoms with Crippen molar-refractivity contribution in [1.29, 1.82) is 0 Å². The van der Waals surface area contributed by atoms with Crippen LogP contribution < -0.4 is 5.73 Å². The lowest BCUT2D eigenvalue weighted by atomic mass is 10.2. The largest absolute Gasteiger partial charge is 0.445 e. The van der Waals surface area contributed by atoms with Crippen molar-refractivity contribution in [1.82, 2.24) is 9.88 Å². The van der Waals surface area contributed by atoms with Crippen molar-refractivity contribution < 1.29 is 13.9 Å². The molecule has 2 aromatic rings. The van der Waals surface area contributed by atoms with Crippen molar-refractivity contribution in [2.45, 2.75) is 32.0 Å². The average Bonchev–Trinajstić information content (AvgIpc) is 3.11. The van der Waals surface area contributed by atoms with Gasteiger partial charge in [-0.15, -0.1) is 0 Å². The number of amides is 1. The van der Waals surface area contributed by atoms with Gasteiger partial charge in [0.15, 0.2) is 0 Å². The quantitative estimate of drug-likeness (QED) is 0.941. The number of carbonyl (C=O) groups is 1. The number of likely N-dealkylation sites (tertiary alicyclic amines) is 1. The van der Waals surface area contributed by atoms with Gasteiger partial charge < -0.3 is 14.9 Å². The Labute approximate surface area is 128 Å². The van der Waals surface area contributed by atoms with Gasteiger partial charge in [0.2, 0.25) is 5.89 Å². The Morgan fingerprint density at radius 1 is 1.45 bits per heavy atom. The smallest absolute Gasteiger partial charge is 0.410 e. The molecule has 0 bridgehead atoms. The van der Waals surface area contributed by atoms with E-state index in [2.05, 4.69) is 4.98 Å². The van der Waals surface area contributed by atoms with E-state index in [4.69, 9.17) is 14.9 Å². The normalized spacial score (nSPS) is 21.1. The molecule has 0 saturated carbocycles. The molecule has 6 nitrogen and oxygen atoms in total. The van der Waals surface area contributed by atoms with Gasteiger partial charge in [0, 0.05) is 12.6 Å². The summed E-state index contributed by atoms with van der Waals surface area (Å²) in [7, 11) is 0. The number of benzene rings is 1. The summed E-state index contributed by atoms with van der Waals surface area (Å²) in [5.74, 6) is 1.23. The number of oxazole rings is 1. The van der Waals surface area contributed by atoms with Crippen LogP contribution in [0.15, 0.2) is 40.9 Å². The number of nitrogens with two attached hydrogens (primary N) is 1. The molecule has 2 heterocycles. The fraction of sp³-hybridized carbons (Fsp3) is 0.375. The van der Waals surface area contributed by atoms with Crippen LogP contribution in [-0.4, -0.2) is 28.6 Å². The van der Waals surface area contributed by atoms with Crippen molar-refractivity contribution in [3.05, 3.63) is 53.7 Å². The Bertz CT molecular complexity index is 641. The molecule has 1 amide bonds. The number of aromatic nitrogens is 1. The molecule has 0 radical (unpaired) electrons. The minimum absolute atomic E-state index is 0.0959. The van der Waals surface area contributed by atoms with Crippen molar-refractivity contribution in [2.75, 3.05) is 6.54 Å². The van der Waals surface area contributed by atoms with E-state index in [9.17, 15) is 4.79 Å². The Balaban J connectivity index is 1.67. The topological polar surface area (TPSA) is 81.6 Å². The van der Waals surface area contributed by atoms with Gasteiger partial charge in [-0.05, 0) is 18.9 Å². The molecule has 0 spiro atoms. The van der Waals surface area contributed by atoms with Gasteiger partial charge in [-0.25, -0.2) is 9.78 Å². The summed E-state index contributed by atoms with van der Waals surface area (Å²) in [4.78, 5) is 18.1. The summed E-state index contributed by atoms with van der Waals surface area (Å²) in [5.41, 5.74) is 6.93. The molecular formula is C16H19N3O3. The number of hydrogen-bond donors (Lipinski definition) is 1. The maximum atomic E-state index is 12.3. The molecule has 3 rings (SSSR count). The standard InChI is InChI=1S/C16H19N3O3/c1-11-8-18-15(22-11)14-7-13(17)9-19(14)16(20)21-10-12-5-3-2-4-6-12/h2-6,8,13-14H,7,9-10,17H2,1H3. The molecule has 1 aliphatic rings. The molecule has 2 unspecified atom stereocenters. The number of carbonyl (C=O) groups excluding carboxylic acids is 1. The Morgan fingerprint density at radius 2 is 2.23 bits per heavy atom. The summed E-state index contributed by atoms with van der Waals surface area (Å²) in [6.07, 6.45) is 1.88. The summed E-state index contributed by atoms with van der Waals surface area (Å²) in [6, 6.07) is 9.22. The van der Waals surface area contributed by atoms with Gasteiger partial charge in [0.05, 0.1) is 6.20 Å². The summed E-state index contributed by atoms with van der Waals surface area (Å²) >= 11 is 0. The molecule has 1 saturated heterocycles. The van der Waals surface area contributed by atoms with Crippen LogP contribution in [0.2, 0.25) is 0 Å². The first kappa shape index (κ1) is 14.6. The van der Waals surface area contributed by atoms with E-state index in [0.29, 0.717) is 24.6 Å². The molecule has 6 heteroatoms. The molecule has 1 aromatic carbocycles. The third-order valence-corrected chi connectivity index (χ3v) is 3.70. The maximum absolute atomic E-state index is 12.3. The third kappa shape index (κ3) is 3.12. The number of rotatable bonds is 3. The Hall–Kier alpha value is -2.34. The van der Waals surface area contributed by atoms with E-state index in [1.54, 1.807) is 11.1 Å². The van der Waals surface area contributed by atoms with E-state index < -0.39 is 6.09 Å². The minimum atomic E-state index is -0.391. The molecule has 0 aliphatic carbocycles. The second kappa shape index (κ2) is 6.19. The molecule has 22 heavy (non-hydrogen) atoms. The van der Waals surface area contributed by atoms with Gasteiger partial charge >= 0.3 is 6.09 Å². The van der Waals surface area contributed by atoms with Gasteiger partial charge in [0.1, 0.15) is 18.4 Å². The minimum Gasteiger partial charge on any atom is -0.445 e. The number of nitrogens with zero attached hydrogens (tertiary/aromatic N) is 2. The second-order valence-electron chi connectivity index (χ2n) is 5.51. The van der Waals surface area contributed by atoms with Crippen LogP contribution in [0.4, 0.5) is 4.79 Å². The van der Waals surface area contributed by atoms with E-state index in [-0.39, 0.29) is 18.7 Å². The van der Waals surface area contributed by atoms with Gasteiger partial charge in [-0.2, -0.15) is 0 Å². The number of ether oxygens (including phenoxy) is 1. The maximum Gasteiger partial charge on any atom is 0.410 e. The molecule has 1 aromatic heterocycles. The fourth-order valence-electron chi connectivity index (χ4n) is 2.63. The molecule has 2 atom stereocenters. The average molecular weight is 301 g/mol. The molecule has 1 fully saturated rings. The first-order valence-corrected chi connectivity index (χ1v) is 7.28. The summed E-state index contributed by atoms with van der Waals surface area (Å²) in [5, 5.41) is 0. The highest BCUT2D eigenvalue weighted by molar-refractivity contribution is 5.68. The van der Waals surface area contributed by atoms with E-state index in [0.717, 1.165) is 5.56 Å².